The molecule has 0 aliphatic rings. The summed E-state index contributed by atoms with van der Waals surface area (Å²) < 4.78 is 10.5. The summed E-state index contributed by atoms with van der Waals surface area (Å²) in [5.74, 6) is 1.01. The van der Waals surface area contributed by atoms with Crippen molar-refractivity contribution >= 4 is 11.8 Å². The zero-order chi connectivity index (χ0) is 18.5. The van der Waals surface area contributed by atoms with Crippen LogP contribution in [0.4, 0.5) is 0 Å². The van der Waals surface area contributed by atoms with Gasteiger partial charge in [-0.3, -0.25) is 4.79 Å². The lowest BCUT2D eigenvalue weighted by atomic mass is 10.0. The second-order valence-corrected chi connectivity index (χ2v) is 5.78. The van der Waals surface area contributed by atoms with E-state index in [2.05, 4.69) is 4.74 Å². The Hall–Kier alpha value is -3.40. The first-order valence-electron chi connectivity index (χ1n) is 8.14. The summed E-state index contributed by atoms with van der Waals surface area (Å²) in [5.41, 5.74) is 3.24. The number of hydrogen-bond donors (Lipinski definition) is 0. The van der Waals surface area contributed by atoms with Gasteiger partial charge < -0.3 is 9.47 Å². The molecule has 0 aliphatic carbocycles. The number of ether oxygens (including phenoxy) is 2. The fourth-order valence-electron chi connectivity index (χ4n) is 2.53. The Bertz CT molecular complexity index is 908. The minimum Gasteiger partial charge on any atom is -0.465 e. The minimum absolute atomic E-state index is 0.0542. The number of carbonyl (C=O) groups excluding carboxylic acids is 2. The van der Waals surface area contributed by atoms with Crippen molar-refractivity contribution in [3.8, 4) is 22.6 Å². The van der Waals surface area contributed by atoms with Crippen molar-refractivity contribution < 1.29 is 19.1 Å². The molecule has 130 valence electrons. The van der Waals surface area contributed by atoms with Crippen molar-refractivity contribution in [3.63, 3.8) is 0 Å². The Kier molecular flexibility index (Phi) is 5.13. The van der Waals surface area contributed by atoms with Crippen LogP contribution in [0.15, 0.2) is 72.8 Å². The van der Waals surface area contributed by atoms with E-state index >= 15 is 0 Å². The van der Waals surface area contributed by atoms with Gasteiger partial charge in [-0.1, -0.05) is 36.4 Å². The van der Waals surface area contributed by atoms with Gasteiger partial charge in [-0.2, -0.15) is 0 Å². The number of benzene rings is 3. The Labute approximate surface area is 152 Å². The van der Waals surface area contributed by atoms with E-state index in [0.29, 0.717) is 22.6 Å². The zero-order valence-electron chi connectivity index (χ0n) is 14.6. The van der Waals surface area contributed by atoms with E-state index in [0.717, 1.165) is 11.1 Å². The van der Waals surface area contributed by atoms with Crippen molar-refractivity contribution in [2.24, 2.45) is 0 Å². The van der Waals surface area contributed by atoms with Gasteiger partial charge in [-0.25, -0.2) is 4.79 Å². The van der Waals surface area contributed by atoms with Crippen LogP contribution in [-0.2, 0) is 4.74 Å². The summed E-state index contributed by atoms with van der Waals surface area (Å²) in [6, 6.07) is 21.9. The first-order valence-corrected chi connectivity index (χ1v) is 8.14. The van der Waals surface area contributed by atoms with Gasteiger partial charge in [0.25, 0.3) is 0 Å². The normalized spacial score (nSPS) is 10.2. The molecule has 0 aromatic heterocycles. The van der Waals surface area contributed by atoms with Gasteiger partial charge in [0.15, 0.2) is 5.78 Å². The van der Waals surface area contributed by atoms with Gasteiger partial charge in [-0.05, 0) is 54.4 Å². The fourth-order valence-corrected chi connectivity index (χ4v) is 2.53. The Morgan fingerprint density at radius 1 is 0.654 bits per heavy atom. The molecule has 0 spiro atoms. The van der Waals surface area contributed by atoms with E-state index in [1.807, 2.05) is 48.5 Å². The van der Waals surface area contributed by atoms with Gasteiger partial charge in [0, 0.05) is 5.56 Å². The third-order valence-electron chi connectivity index (χ3n) is 3.99. The Morgan fingerprint density at radius 2 is 1.08 bits per heavy atom. The minimum atomic E-state index is -0.378. The summed E-state index contributed by atoms with van der Waals surface area (Å²) in [7, 11) is 1.35. The number of esters is 1. The zero-order valence-corrected chi connectivity index (χ0v) is 14.6. The highest BCUT2D eigenvalue weighted by atomic mass is 16.5. The molecule has 0 N–H and O–H groups in total. The smallest absolute Gasteiger partial charge is 0.337 e. The molecule has 0 unspecified atom stereocenters. The van der Waals surface area contributed by atoms with Crippen LogP contribution < -0.4 is 4.74 Å². The molecule has 0 aliphatic heterocycles. The van der Waals surface area contributed by atoms with Crippen molar-refractivity contribution in [2.75, 3.05) is 7.11 Å². The molecule has 26 heavy (non-hydrogen) atoms. The molecule has 0 radical (unpaired) electrons. The van der Waals surface area contributed by atoms with Gasteiger partial charge in [-0.15, -0.1) is 0 Å². The Morgan fingerprint density at radius 3 is 1.54 bits per heavy atom. The monoisotopic (exact) mass is 346 g/mol. The van der Waals surface area contributed by atoms with Gasteiger partial charge in [0.1, 0.15) is 11.5 Å². The van der Waals surface area contributed by atoms with Crippen molar-refractivity contribution in [1.29, 1.82) is 0 Å². The molecule has 0 saturated carbocycles. The fraction of sp³-hybridized carbons (Fsp3) is 0.0909. The first kappa shape index (κ1) is 17.4. The molecule has 0 bridgehead atoms. The van der Waals surface area contributed by atoms with Crippen LogP contribution in [0.2, 0.25) is 0 Å². The molecular formula is C22H18O4. The summed E-state index contributed by atoms with van der Waals surface area (Å²) in [6.07, 6.45) is 0. The number of Topliss-reactive ketones (excluding diaryl/α,β-unsaturated/α-hetero) is 1. The number of hydrogen-bond acceptors (Lipinski definition) is 4. The van der Waals surface area contributed by atoms with Gasteiger partial charge in [0.05, 0.1) is 12.7 Å². The lowest BCUT2D eigenvalue weighted by Crippen LogP contribution is -2.00. The third-order valence-corrected chi connectivity index (χ3v) is 3.99. The van der Waals surface area contributed by atoms with Crippen LogP contribution in [-0.4, -0.2) is 18.9 Å². The number of ketones is 1. The van der Waals surface area contributed by atoms with Crippen molar-refractivity contribution in [3.05, 3.63) is 83.9 Å². The van der Waals surface area contributed by atoms with Gasteiger partial charge in [0.2, 0.25) is 0 Å². The maximum absolute atomic E-state index is 11.4. The van der Waals surface area contributed by atoms with E-state index in [-0.39, 0.29) is 11.8 Å². The number of carbonyl (C=O) groups is 2. The second-order valence-electron chi connectivity index (χ2n) is 5.78. The average molecular weight is 346 g/mol. The van der Waals surface area contributed by atoms with Gasteiger partial charge >= 0.3 is 5.97 Å². The highest BCUT2D eigenvalue weighted by molar-refractivity contribution is 5.94. The van der Waals surface area contributed by atoms with Crippen LogP contribution in [0.25, 0.3) is 11.1 Å². The lowest BCUT2D eigenvalue weighted by Gasteiger charge is -2.08. The summed E-state index contributed by atoms with van der Waals surface area (Å²) >= 11 is 0. The van der Waals surface area contributed by atoms with Crippen LogP contribution >= 0.6 is 0 Å². The predicted molar refractivity (Wildman–Crippen MR) is 99.7 cm³/mol. The maximum Gasteiger partial charge on any atom is 0.337 e. The van der Waals surface area contributed by atoms with Crippen LogP contribution in [0.1, 0.15) is 27.6 Å². The molecule has 4 nitrogen and oxygen atoms in total. The summed E-state index contributed by atoms with van der Waals surface area (Å²) in [6.45, 7) is 1.55. The molecule has 0 heterocycles. The predicted octanol–water partition coefficient (Wildman–Crippen LogP) is 5.14. The van der Waals surface area contributed by atoms with E-state index in [4.69, 9.17) is 4.74 Å². The average Bonchev–Trinajstić information content (AvgIpc) is 2.68. The third kappa shape index (κ3) is 3.98. The van der Waals surface area contributed by atoms with Crippen LogP contribution in [0.3, 0.4) is 0 Å². The summed E-state index contributed by atoms with van der Waals surface area (Å²) in [5, 5.41) is 0. The first-order chi connectivity index (χ1) is 12.6. The SMILES string of the molecule is COC(=O)c1ccc(Oc2ccc(-c3ccc(C(C)=O)cc3)cc2)cc1. The standard InChI is InChI=1S/C22H18O4/c1-15(23)16-3-5-17(6-4-16)18-7-11-20(12-8-18)26-21-13-9-19(10-14-21)22(24)25-2/h3-14H,1-2H3. The van der Waals surface area contributed by atoms with E-state index in [1.54, 1.807) is 31.2 Å². The molecule has 0 fully saturated rings. The van der Waals surface area contributed by atoms with E-state index in [1.165, 1.54) is 7.11 Å². The molecule has 3 aromatic carbocycles. The lowest BCUT2D eigenvalue weighted by molar-refractivity contribution is 0.0600. The van der Waals surface area contributed by atoms with Crippen LogP contribution in [0.5, 0.6) is 11.5 Å². The molecule has 4 heteroatoms. The topological polar surface area (TPSA) is 52.6 Å². The molecular weight excluding hydrogens is 328 g/mol. The summed E-state index contributed by atoms with van der Waals surface area (Å²) in [4.78, 5) is 22.8. The van der Waals surface area contributed by atoms with Crippen molar-refractivity contribution in [1.82, 2.24) is 0 Å². The quantitative estimate of drug-likeness (QED) is 0.474. The van der Waals surface area contributed by atoms with Crippen LogP contribution in [0, 0.1) is 0 Å². The molecule has 0 atom stereocenters. The molecule has 0 amide bonds. The number of methoxy groups -OCH3 is 1. The van der Waals surface area contributed by atoms with E-state index in [9.17, 15) is 9.59 Å². The maximum atomic E-state index is 11.4. The largest absolute Gasteiger partial charge is 0.465 e. The highest BCUT2D eigenvalue weighted by Crippen LogP contribution is 2.26. The van der Waals surface area contributed by atoms with Crippen molar-refractivity contribution in [2.45, 2.75) is 6.92 Å². The Balaban J connectivity index is 1.71. The molecule has 3 rings (SSSR count). The molecule has 0 saturated heterocycles. The van der Waals surface area contributed by atoms with E-state index < -0.39 is 0 Å². The second kappa shape index (κ2) is 7.66. The molecule has 3 aromatic rings. The number of rotatable bonds is 5. The highest BCUT2D eigenvalue weighted by Gasteiger charge is 2.06.